The number of ether oxygens (including phenoxy) is 1. The molecule has 6 heteroatoms. The number of piperidine rings is 1. The van der Waals surface area contributed by atoms with E-state index in [4.69, 9.17) is 4.74 Å². The Bertz CT molecular complexity index is 525. The van der Waals surface area contributed by atoms with Crippen molar-refractivity contribution >= 4 is 5.91 Å². The molecule has 1 aromatic rings. The molecular formula is C15H20FN3O2. The van der Waals surface area contributed by atoms with Crippen LogP contribution in [0.5, 0.6) is 0 Å². The number of hydrogen-bond donors (Lipinski definition) is 0. The van der Waals surface area contributed by atoms with Crippen molar-refractivity contribution in [2.45, 2.75) is 19.1 Å². The SMILES string of the molecule is CN1C[C@H]2CN(Cc3ncccc3F)CC[C@@H]2OCC1=O. The summed E-state index contributed by atoms with van der Waals surface area (Å²) in [7, 11) is 1.81. The van der Waals surface area contributed by atoms with Gasteiger partial charge in [0.2, 0.25) is 5.91 Å². The highest BCUT2D eigenvalue weighted by Crippen LogP contribution is 2.24. The third-order valence-electron chi connectivity index (χ3n) is 4.31. The third kappa shape index (κ3) is 3.22. The topological polar surface area (TPSA) is 45.7 Å². The second-order valence-electron chi connectivity index (χ2n) is 5.84. The van der Waals surface area contributed by atoms with Gasteiger partial charge in [0.05, 0.1) is 11.8 Å². The minimum atomic E-state index is -0.260. The molecule has 2 fully saturated rings. The normalized spacial score (nSPS) is 27.3. The van der Waals surface area contributed by atoms with E-state index in [0.717, 1.165) is 19.5 Å². The van der Waals surface area contributed by atoms with E-state index in [1.165, 1.54) is 6.07 Å². The number of nitrogens with zero attached hydrogens (tertiary/aromatic N) is 3. The Labute approximate surface area is 123 Å². The lowest BCUT2D eigenvalue weighted by Gasteiger charge is -2.37. The zero-order valence-electron chi connectivity index (χ0n) is 12.2. The standard InChI is InChI=1S/C15H20FN3O2/c1-18-7-11-8-19(6-4-14(11)21-10-15(18)20)9-13-12(16)3-2-5-17-13/h2-3,5,11,14H,4,6-10H2,1H3/t11-,14-/m0/s1. The molecule has 2 saturated heterocycles. The molecule has 3 heterocycles. The Morgan fingerprint density at radius 3 is 3.14 bits per heavy atom. The molecule has 21 heavy (non-hydrogen) atoms. The van der Waals surface area contributed by atoms with Gasteiger partial charge < -0.3 is 9.64 Å². The van der Waals surface area contributed by atoms with Crippen LogP contribution in [0.1, 0.15) is 12.1 Å². The molecule has 0 N–H and O–H groups in total. The third-order valence-corrected chi connectivity index (χ3v) is 4.31. The summed E-state index contributed by atoms with van der Waals surface area (Å²) in [5.41, 5.74) is 0.481. The van der Waals surface area contributed by atoms with Crippen LogP contribution >= 0.6 is 0 Å². The number of hydrogen-bond acceptors (Lipinski definition) is 4. The van der Waals surface area contributed by atoms with Gasteiger partial charge >= 0.3 is 0 Å². The van der Waals surface area contributed by atoms with Crippen molar-refractivity contribution in [3.8, 4) is 0 Å². The number of pyridine rings is 1. The smallest absolute Gasteiger partial charge is 0.248 e. The van der Waals surface area contributed by atoms with E-state index in [-0.39, 0.29) is 30.4 Å². The van der Waals surface area contributed by atoms with Crippen molar-refractivity contribution in [2.24, 2.45) is 5.92 Å². The molecule has 0 bridgehead atoms. The van der Waals surface area contributed by atoms with Crippen LogP contribution in [-0.4, -0.2) is 60.1 Å². The van der Waals surface area contributed by atoms with Crippen LogP contribution < -0.4 is 0 Å². The van der Waals surface area contributed by atoms with Gasteiger partial charge in [-0.05, 0) is 18.6 Å². The fourth-order valence-electron chi connectivity index (χ4n) is 3.11. The zero-order valence-corrected chi connectivity index (χ0v) is 12.2. The highest BCUT2D eigenvalue weighted by Gasteiger charge is 2.34. The maximum absolute atomic E-state index is 13.7. The summed E-state index contributed by atoms with van der Waals surface area (Å²) < 4.78 is 19.4. The van der Waals surface area contributed by atoms with Crippen molar-refractivity contribution in [2.75, 3.05) is 33.3 Å². The quantitative estimate of drug-likeness (QED) is 0.813. The molecule has 0 spiro atoms. The van der Waals surface area contributed by atoms with Gasteiger partial charge in [-0.1, -0.05) is 0 Å². The van der Waals surface area contributed by atoms with Crippen molar-refractivity contribution in [1.29, 1.82) is 0 Å². The largest absolute Gasteiger partial charge is 0.368 e. The summed E-state index contributed by atoms with van der Waals surface area (Å²) in [5.74, 6) is 0.0535. The summed E-state index contributed by atoms with van der Waals surface area (Å²) in [4.78, 5) is 19.7. The Hall–Kier alpha value is -1.53. The van der Waals surface area contributed by atoms with E-state index in [1.807, 2.05) is 7.05 Å². The number of likely N-dealkylation sites (N-methyl/N-ethyl adjacent to an activating group) is 1. The second-order valence-corrected chi connectivity index (χ2v) is 5.84. The first-order valence-electron chi connectivity index (χ1n) is 7.31. The van der Waals surface area contributed by atoms with Gasteiger partial charge in [-0.15, -0.1) is 0 Å². The maximum atomic E-state index is 13.7. The Morgan fingerprint density at radius 2 is 2.33 bits per heavy atom. The molecular weight excluding hydrogens is 273 g/mol. The van der Waals surface area contributed by atoms with E-state index in [2.05, 4.69) is 9.88 Å². The first-order valence-corrected chi connectivity index (χ1v) is 7.31. The fourth-order valence-corrected chi connectivity index (χ4v) is 3.11. The fraction of sp³-hybridized carbons (Fsp3) is 0.600. The molecule has 1 aromatic heterocycles. The molecule has 3 rings (SSSR count). The summed E-state index contributed by atoms with van der Waals surface area (Å²) in [5, 5.41) is 0. The number of amides is 1. The van der Waals surface area contributed by atoms with Crippen LogP contribution in [0.2, 0.25) is 0 Å². The van der Waals surface area contributed by atoms with E-state index >= 15 is 0 Å². The molecule has 1 amide bonds. The van der Waals surface area contributed by atoms with E-state index in [9.17, 15) is 9.18 Å². The second kappa shape index (κ2) is 6.07. The molecule has 0 unspecified atom stereocenters. The number of aromatic nitrogens is 1. The van der Waals surface area contributed by atoms with Gasteiger partial charge in [0.25, 0.3) is 0 Å². The summed E-state index contributed by atoms with van der Waals surface area (Å²) in [6, 6.07) is 3.04. The number of carbonyl (C=O) groups is 1. The van der Waals surface area contributed by atoms with Gasteiger partial charge in [0, 0.05) is 45.3 Å². The molecule has 5 nitrogen and oxygen atoms in total. The van der Waals surface area contributed by atoms with Crippen molar-refractivity contribution in [3.63, 3.8) is 0 Å². The van der Waals surface area contributed by atoms with Crippen LogP contribution in [0.4, 0.5) is 4.39 Å². The number of rotatable bonds is 2. The van der Waals surface area contributed by atoms with Crippen LogP contribution in [0.25, 0.3) is 0 Å². The first-order chi connectivity index (χ1) is 10.1. The van der Waals surface area contributed by atoms with Crippen LogP contribution in [0, 0.1) is 11.7 Å². The summed E-state index contributed by atoms with van der Waals surface area (Å²) >= 11 is 0. The van der Waals surface area contributed by atoms with Crippen molar-refractivity contribution in [1.82, 2.24) is 14.8 Å². The zero-order chi connectivity index (χ0) is 14.8. The Kier molecular flexibility index (Phi) is 4.17. The number of carbonyl (C=O) groups excluding carboxylic acids is 1. The number of fused-ring (bicyclic) bond motifs is 1. The van der Waals surface area contributed by atoms with Crippen LogP contribution in [0.15, 0.2) is 18.3 Å². The van der Waals surface area contributed by atoms with Gasteiger partial charge in [-0.2, -0.15) is 0 Å². The van der Waals surface area contributed by atoms with Gasteiger partial charge in [-0.25, -0.2) is 4.39 Å². The average Bonchev–Trinajstić information content (AvgIpc) is 2.61. The van der Waals surface area contributed by atoms with Gasteiger partial charge in [-0.3, -0.25) is 14.7 Å². The van der Waals surface area contributed by atoms with E-state index in [0.29, 0.717) is 18.8 Å². The molecule has 0 radical (unpaired) electrons. The van der Waals surface area contributed by atoms with Crippen LogP contribution in [0.3, 0.4) is 0 Å². The lowest BCUT2D eigenvalue weighted by molar-refractivity contribution is -0.133. The Balaban J connectivity index is 1.66. The molecule has 0 aliphatic carbocycles. The lowest BCUT2D eigenvalue weighted by Crippen LogP contribution is -2.46. The summed E-state index contributed by atoms with van der Waals surface area (Å²) in [6.45, 7) is 3.03. The van der Waals surface area contributed by atoms with Crippen molar-refractivity contribution in [3.05, 3.63) is 29.8 Å². The molecule has 0 saturated carbocycles. The maximum Gasteiger partial charge on any atom is 0.248 e. The van der Waals surface area contributed by atoms with Gasteiger partial charge in [0.1, 0.15) is 12.4 Å². The molecule has 2 aliphatic rings. The predicted octanol–water partition coefficient (Wildman–Crippen LogP) is 0.900. The van der Waals surface area contributed by atoms with Gasteiger partial charge in [0.15, 0.2) is 0 Å². The lowest BCUT2D eigenvalue weighted by atomic mass is 9.94. The molecule has 2 atom stereocenters. The van der Waals surface area contributed by atoms with Crippen LogP contribution in [-0.2, 0) is 16.1 Å². The minimum Gasteiger partial charge on any atom is -0.368 e. The molecule has 0 aromatic carbocycles. The minimum absolute atomic E-state index is 0.0340. The highest BCUT2D eigenvalue weighted by atomic mass is 19.1. The number of likely N-dealkylation sites (tertiary alicyclic amines) is 1. The summed E-state index contributed by atoms with van der Waals surface area (Å²) in [6.07, 6.45) is 2.62. The van der Waals surface area contributed by atoms with E-state index in [1.54, 1.807) is 17.2 Å². The molecule has 2 aliphatic heterocycles. The average molecular weight is 293 g/mol. The Morgan fingerprint density at radius 1 is 1.48 bits per heavy atom. The molecule has 114 valence electrons. The predicted molar refractivity (Wildman–Crippen MR) is 75.0 cm³/mol. The highest BCUT2D eigenvalue weighted by molar-refractivity contribution is 5.77. The van der Waals surface area contributed by atoms with Crippen molar-refractivity contribution < 1.29 is 13.9 Å². The number of halogens is 1. The first kappa shape index (κ1) is 14.4. The monoisotopic (exact) mass is 293 g/mol. The van der Waals surface area contributed by atoms with E-state index < -0.39 is 0 Å².